The van der Waals surface area contributed by atoms with Gasteiger partial charge in [0.15, 0.2) is 0 Å². The van der Waals surface area contributed by atoms with Gasteiger partial charge in [0.25, 0.3) is 0 Å². The van der Waals surface area contributed by atoms with Gasteiger partial charge in [0.1, 0.15) is 0 Å². The molecule has 0 aromatic carbocycles. The van der Waals surface area contributed by atoms with Crippen LogP contribution >= 0.6 is 0 Å². The van der Waals surface area contributed by atoms with E-state index in [0.717, 1.165) is 0 Å². The predicted octanol–water partition coefficient (Wildman–Crippen LogP) is -200. The van der Waals surface area contributed by atoms with Crippen molar-refractivity contribution in [2.24, 2.45) is 0 Å². The molecule has 0 aliphatic carbocycles. The molecule has 0 aromatic heterocycles. The summed E-state index contributed by atoms with van der Waals surface area (Å²) < 4.78 is 0. The van der Waals surface area contributed by atoms with Gasteiger partial charge in [-0.05, 0) is 0 Å². The molecular formula is H150Na50O100. The fraction of sp³-hybridized carbons (Fsp3) is 0. The van der Waals surface area contributed by atoms with Crippen molar-refractivity contribution in [1.82, 2.24) is 0 Å². The predicted molar refractivity (Wildman–Crippen MR) is 277 cm³/mol. The maximum Gasteiger partial charge on any atom is 1.00 e. The quantitative estimate of drug-likeness (QED) is 0.203. The first-order chi connectivity index (χ1) is 0. The molecule has 0 aliphatic heterocycles. The molecule has 0 unspecified atom stereocenters. The van der Waals surface area contributed by atoms with Crippen molar-refractivity contribution in [3.8, 4) is 0 Å². The Morgan fingerprint density at radius 3 is 0.0200 bits per heavy atom. The minimum atomic E-state index is 0. The molecule has 800 valence electrons. The second kappa shape index (κ2) is 3470. The van der Waals surface area contributed by atoms with Crippen LogP contribution in [0.2, 0.25) is 0 Å². The molecule has 0 saturated heterocycles. The van der Waals surface area contributed by atoms with E-state index in [2.05, 4.69) is 0 Å². The van der Waals surface area contributed by atoms with Crippen molar-refractivity contribution < 1.29 is 2030 Å². The molecule has 0 spiro atoms. The average molecular weight is 2900 g/mol. The zero-order valence-electron chi connectivity index (χ0n) is 97.4. The van der Waals surface area contributed by atoms with Gasteiger partial charge in [-0.2, -0.15) is 0 Å². The van der Waals surface area contributed by atoms with Crippen LogP contribution in [-0.4, -0.2) is 548 Å². The molecule has 0 rings (SSSR count). The van der Waals surface area contributed by atoms with E-state index in [-0.39, 0.29) is 2030 Å². The minimum absolute atomic E-state index is 0. The van der Waals surface area contributed by atoms with Crippen LogP contribution in [0.15, 0.2) is 0 Å². The van der Waals surface area contributed by atoms with E-state index in [1.807, 2.05) is 0 Å². The van der Waals surface area contributed by atoms with E-state index in [4.69, 9.17) is 0 Å². The third-order valence-corrected chi connectivity index (χ3v) is 0. The summed E-state index contributed by atoms with van der Waals surface area (Å²) in [7, 11) is 0. The Morgan fingerprint density at radius 2 is 0.0200 bits per heavy atom. The van der Waals surface area contributed by atoms with E-state index in [9.17, 15) is 0 Å². The van der Waals surface area contributed by atoms with Crippen molar-refractivity contribution in [1.29, 1.82) is 0 Å². The average Bonchev–Trinajstić information content (AvgIpc) is 0. The third kappa shape index (κ3) is 3420. The van der Waals surface area contributed by atoms with Crippen molar-refractivity contribution in [2.75, 3.05) is 0 Å². The second-order valence-electron chi connectivity index (χ2n) is 0. The summed E-state index contributed by atoms with van der Waals surface area (Å²) in [6.45, 7) is 0. The van der Waals surface area contributed by atoms with Crippen LogP contribution in [0.4, 0.5) is 0 Å². The molecule has 0 aliphatic rings. The smallest absolute Gasteiger partial charge is 0.870 e. The van der Waals surface area contributed by atoms with E-state index in [0.29, 0.717) is 0 Å². The fourth-order valence-corrected chi connectivity index (χ4v) is 0. The molecule has 0 amide bonds. The van der Waals surface area contributed by atoms with Gasteiger partial charge < -0.3 is 548 Å². The van der Waals surface area contributed by atoms with Crippen LogP contribution in [0.5, 0.6) is 0 Å². The number of hydrogen-bond acceptors (Lipinski definition) is 50. The molecule has 100 nitrogen and oxygen atoms in total. The largest absolute Gasteiger partial charge is 1.00 e. The van der Waals surface area contributed by atoms with Gasteiger partial charge in [0.05, 0.1) is 0 Å². The first-order valence-electron chi connectivity index (χ1n) is 0. The van der Waals surface area contributed by atoms with Crippen LogP contribution in [0, 0.1) is 0 Å². The van der Waals surface area contributed by atoms with Gasteiger partial charge in [-0.15, -0.1) is 0 Å². The topological polar surface area (TPSA) is 3080 Å². The SMILES string of the molecule is O.O.O.O.O.O.O.O.O.O.O.O.O.O.O.O.O.O.O.O.O.O.O.O.O.O.O.O.O.O.O.O.O.O.O.O.O.O.O.O.O.O.O.O.O.O.O.O.O.O.[Na+].[Na+].[Na+].[Na+].[Na+].[Na+].[Na+].[Na+].[Na+].[Na+].[Na+].[Na+].[Na+].[Na+].[Na+].[Na+].[Na+].[Na+].[Na+].[Na+].[Na+].[Na+].[Na+].[Na+].[Na+].[Na+].[Na+].[Na+].[Na+].[Na+].[Na+].[Na+].[Na+].[Na+].[Na+].[Na+].[Na+].[Na+].[Na+].[Na+].[Na+].[Na+].[Na+].[Na+].[Na+].[Na+].[Na+].[Na+].[Na+].[Na+].[OH-].[OH-].[OH-].[OH-].[OH-].[OH-].[OH-].[OH-].[OH-].[OH-].[OH-].[OH-].[OH-].[OH-].[OH-].[OH-].[OH-].[OH-].[OH-].[OH-].[OH-].[OH-].[OH-].[OH-].[OH-].[OH-].[OH-].[OH-].[OH-].[OH-].[OH-].[OH-].[OH-].[OH-].[OH-].[OH-].[OH-].[OH-].[OH-].[OH-].[OH-].[OH-].[OH-].[OH-].[OH-].[OH-].[OH-].[OH-].[OH-].[OH-]. The molecule has 0 radical (unpaired) electrons. The Hall–Kier alpha value is 46.0. The van der Waals surface area contributed by atoms with Gasteiger partial charge >= 0.3 is 1480 Å². The Labute approximate surface area is 1970 Å². The van der Waals surface area contributed by atoms with Crippen molar-refractivity contribution in [3.05, 3.63) is 0 Å². The van der Waals surface area contributed by atoms with Crippen LogP contribution in [0.1, 0.15) is 0 Å². The maximum absolute atomic E-state index is 0. The van der Waals surface area contributed by atoms with Crippen LogP contribution in [-0.2, 0) is 0 Å². The fourth-order valence-electron chi connectivity index (χ4n) is 0. The summed E-state index contributed by atoms with van der Waals surface area (Å²) in [5, 5.41) is 0. The first kappa shape index (κ1) is 3520. The second-order valence-corrected chi connectivity index (χ2v) is 0. The Morgan fingerprint density at radius 1 is 0.0200 bits per heavy atom. The van der Waals surface area contributed by atoms with E-state index in [1.54, 1.807) is 0 Å². The molecule has 150 N–H and O–H groups in total. The van der Waals surface area contributed by atoms with Crippen LogP contribution in [0.25, 0.3) is 0 Å². The van der Waals surface area contributed by atoms with Crippen molar-refractivity contribution in [3.63, 3.8) is 0 Å². The van der Waals surface area contributed by atoms with E-state index in [1.165, 1.54) is 0 Å². The van der Waals surface area contributed by atoms with Crippen LogP contribution < -0.4 is 1480 Å². The normalized spacial score (nSPS) is 0. The van der Waals surface area contributed by atoms with Gasteiger partial charge in [0, 0.05) is 0 Å². The molecule has 0 atom stereocenters. The summed E-state index contributed by atoms with van der Waals surface area (Å²) in [5.74, 6) is 0. The first-order valence-corrected chi connectivity index (χ1v) is 0. The summed E-state index contributed by atoms with van der Waals surface area (Å²) in [6, 6.07) is 0. The number of rotatable bonds is 0. The maximum atomic E-state index is 0. The Balaban J connectivity index is 0. The molecule has 0 fully saturated rings. The van der Waals surface area contributed by atoms with Crippen molar-refractivity contribution >= 4 is 0 Å². The van der Waals surface area contributed by atoms with Crippen molar-refractivity contribution in [2.45, 2.75) is 0 Å². The van der Waals surface area contributed by atoms with Gasteiger partial charge in [-0.3, -0.25) is 0 Å². The van der Waals surface area contributed by atoms with E-state index >= 15 is 0 Å². The van der Waals surface area contributed by atoms with Gasteiger partial charge in [-0.1, -0.05) is 0 Å². The zero-order chi connectivity index (χ0) is 0. The Bertz CT molecular complexity index is 138. The van der Waals surface area contributed by atoms with Crippen LogP contribution in [0.3, 0.4) is 0 Å². The summed E-state index contributed by atoms with van der Waals surface area (Å²) in [5.41, 5.74) is 0. The molecule has 0 saturated carbocycles. The summed E-state index contributed by atoms with van der Waals surface area (Å²) in [4.78, 5) is 0. The van der Waals surface area contributed by atoms with E-state index < -0.39 is 0 Å². The number of hydrogen-bond donors (Lipinski definition) is 0. The molecule has 150 heteroatoms. The van der Waals surface area contributed by atoms with Gasteiger partial charge in [0.2, 0.25) is 0 Å². The molecule has 0 heterocycles. The molecule has 0 aromatic rings. The summed E-state index contributed by atoms with van der Waals surface area (Å²) >= 11 is 0. The van der Waals surface area contributed by atoms with Gasteiger partial charge in [-0.25, -0.2) is 0 Å². The molecule has 0 bridgehead atoms. The molecule has 150 heavy (non-hydrogen) atoms. The monoisotopic (exact) mass is 2900 g/mol. The standard InChI is InChI=1S/50Na.100H2O/h;;;;;;;;;;;;;;;;;;;;;;;;;;;;;;;;;;;;;;;;;;;;;;;;;;100*1H2/q50*+1;;;;;;;;;;;;;;;;;;;;;;;;;;;;;;;;;;;;;;;;;;;;;;;;;;;;;;;;;;;;;;;;;;;;;;;;;;;;;;;;;;;;;;;;;;;;;;;;;;;;/p-50. The summed E-state index contributed by atoms with van der Waals surface area (Å²) in [6.07, 6.45) is 0. The zero-order valence-corrected chi connectivity index (χ0v) is 197. The minimum Gasteiger partial charge on any atom is -0.870 e. The third-order valence-electron chi connectivity index (χ3n) is 0. The molecular weight excluding hydrogens is 2750 g/mol. The Kier molecular flexibility index (Phi) is 81400.